The van der Waals surface area contributed by atoms with Crippen LogP contribution in [0.1, 0.15) is 9.67 Å². The van der Waals surface area contributed by atoms with Gasteiger partial charge in [0.25, 0.3) is 5.91 Å². The fraction of sp³-hybridized carbons (Fsp3) is 0. The van der Waals surface area contributed by atoms with Crippen molar-refractivity contribution < 1.29 is 9.21 Å². The lowest BCUT2D eigenvalue weighted by atomic mass is 10.2. The van der Waals surface area contributed by atoms with Gasteiger partial charge < -0.3 is 10.2 Å². The topological polar surface area (TPSA) is 56.2 Å². The zero-order chi connectivity index (χ0) is 9.26. The van der Waals surface area contributed by atoms with Crippen molar-refractivity contribution in [1.29, 1.82) is 0 Å². The first kappa shape index (κ1) is 8.07. The lowest BCUT2D eigenvalue weighted by Crippen LogP contribution is -2.08. The summed E-state index contributed by atoms with van der Waals surface area (Å²) in [5, 5.41) is 1.85. The molecular weight excluding hydrogens is 186 g/mol. The number of primary amides is 1. The van der Waals surface area contributed by atoms with Crippen molar-refractivity contribution in [3.63, 3.8) is 0 Å². The number of nitrogens with two attached hydrogens (primary N) is 1. The molecule has 1 amide bonds. The summed E-state index contributed by atoms with van der Waals surface area (Å²) in [6, 6.07) is 5.37. The standard InChI is InChI=1S/C9H7NO2S/c10-9(11)8-4-6(5-13-8)7-2-1-3-12-7/h1-5H,(H2,10,11). The molecule has 0 unspecified atom stereocenters. The van der Waals surface area contributed by atoms with Crippen LogP contribution in [-0.2, 0) is 0 Å². The van der Waals surface area contributed by atoms with Gasteiger partial charge in [-0.25, -0.2) is 0 Å². The summed E-state index contributed by atoms with van der Waals surface area (Å²) in [5.41, 5.74) is 6.01. The highest BCUT2D eigenvalue weighted by Gasteiger charge is 2.07. The van der Waals surface area contributed by atoms with Crippen LogP contribution in [0.5, 0.6) is 0 Å². The monoisotopic (exact) mass is 193 g/mol. The lowest BCUT2D eigenvalue weighted by molar-refractivity contribution is 0.100. The number of thiophene rings is 1. The molecule has 0 spiro atoms. The van der Waals surface area contributed by atoms with E-state index in [0.29, 0.717) is 4.88 Å². The van der Waals surface area contributed by atoms with E-state index in [-0.39, 0.29) is 0 Å². The van der Waals surface area contributed by atoms with Crippen LogP contribution in [0.25, 0.3) is 11.3 Å². The number of amides is 1. The molecule has 2 aromatic heterocycles. The van der Waals surface area contributed by atoms with Gasteiger partial charge in [0.05, 0.1) is 11.1 Å². The fourth-order valence-electron chi connectivity index (χ4n) is 1.04. The van der Waals surface area contributed by atoms with Crippen LogP contribution in [-0.4, -0.2) is 5.91 Å². The summed E-state index contributed by atoms with van der Waals surface area (Å²) < 4.78 is 5.17. The number of hydrogen-bond donors (Lipinski definition) is 1. The van der Waals surface area contributed by atoms with Crippen molar-refractivity contribution >= 4 is 17.2 Å². The van der Waals surface area contributed by atoms with E-state index in [2.05, 4.69) is 0 Å². The Kier molecular flexibility index (Phi) is 1.90. The maximum atomic E-state index is 10.8. The predicted molar refractivity (Wildman–Crippen MR) is 50.5 cm³/mol. The smallest absolute Gasteiger partial charge is 0.258 e. The van der Waals surface area contributed by atoms with Gasteiger partial charge in [0, 0.05) is 10.9 Å². The first-order valence-electron chi connectivity index (χ1n) is 3.69. The molecule has 0 fully saturated rings. The minimum atomic E-state index is -0.400. The minimum Gasteiger partial charge on any atom is -0.464 e. The highest BCUT2D eigenvalue weighted by molar-refractivity contribution is 7.12. The van der Waals surface area contributed by atoms with Gasteiger partial charge in [0.1, 0.15) is 5.76 Å². The Morgan fingerprint density at radius 3 is 2.92 bits per heavy atom. The van der Waals surface area contributed by atoms with E-state index in [4.69, 9.17) is 10.2 Å². The number of furan rings is 1. The normalized spacial score (nSPS) is 10.2. The molecule has 0 saturated heterocycles. The Balaban J connectivity index is 2.39. The highest BCUT2D eigenvalue weighted by Crippen LogP contribution is 2.25. The quantitative estimate of drug-likeness (QED) is 0.794. The van der Waals surface area contributed by atoms with Crippen molar-refractivity contribution in [3.05, 3.63) is 34.7 Å². The van der Waals surface area contributed by atoms with E-state index in [0.717, 1.165) is 11.3 Å². The van der Waals surface area contributed by atoms with Gasteiger partial charge in [-0.3, -0.25) is 4.79 Å². The molecule has 2 heterocycles. The predicted octanol–water partition coefficient (Wildman–Crippen LogP) is 2.11. The van der Waals surface area contributed by atoms with Gasteiger partial charge in [0.15, 0.2) is 0 Å². The van der Waals surface area contributed by atoms with Gasteiger partial charge >= 0.3 is 0 Å². The SMILES string of the molecule is NC(=O)c1cc(-c2ccco2)cs1. The van der Waals surface area contributed by atoms with Gasteiger partial charge in [-0.15, -0.1) is 11.3 Å². The Hall–Kier alpha value is -1.55. The molecule has 4 heteroatoms. The lowest BCUT2D eigenvalue weighted by Gasteiger charge is -1.87. The zero-order valence-electron chi connectivity index (χ0n) is 6.69. The van der Waals surface area contributed by atoms with Gasteiger partial charge in [-0.05, 0) is 18.2 Å². The summed E-state index contributed by atoms with van der Waals surface area (Å²) in [6.45, 7) is 0. The third kappa shape index (κ3) is 1.48. The second kappa shape index (κ2) is 3.06. The Bertz CT molecular complexity index is 417. The second-order valence-electron chi connectivity index (χ2n) is 2.54. The van der Waals surface area contributed by atoms with E-state index in [9.17, 15) is 4.79 Å². The third-order valence-corrected chi connectivity index (χ3v) is 2.59. The molecule has 0 saturated carbocycles. The van der Waals surface area contributed by atoms with Crippen molar-refractivity contribution in [2.24, 2.45) is 5.73 Å². The van der Waals surface area contributed by atoms with Gasteiger partial charge in [-0.2, -0.15) is 0 Å². The maximum Gasteiger partial charge on any atom is 0.258 e. The molecule has 0 aliphatic heterocycles. The molecule has 0 aromatic carbocycles. The zero-order valence-corrected chi connectivity index (χ0v) is 7.51. The van der Waals surface area contributed by atoms with Crippen LogP contribution in [0, 0.1) is 0 Å². The van der Waals surface area contributed by atoms with E-state index in [1.54, 1.807) is 18.4 Å². The first-order chi connectivity index (χ1) is 6.27. The molecule has 0 aliphatic rings. The van der Waals surface area contributed by atoms with Gasteiger partial charge in [0.2, 0.25) is 0 Å². The molecule has 2 rings (SSSR count). The Morgan fingerprint density at radius 2 is 2.38 bits per heavy atom. The largest absolute Gasteiger partial charge is 0.464 e. The average Bonchev–Trinajstić information content (AvgIpc) is 2.75. The molecule has 3 nitrogen and oxygen atoms in total. The van der Waals surface area contributed by atoms with Crippen molar-refractivity contribution in [2.45, 2.75) is 0 Å². The highest BCUT2D eigenvalue weighted by atomic mass is 32.1. The van der Waals surface area contributed by atoms with Crippen LogP contribution in [0.4, 0.5) is 0 Å². The van der Waals surface area contributed by atoms with Crippen LogP contribution in [0.2, 0.25) is 0 Å². The third-order valence-electron chi connectivity index (χ3n) is 1.65. The molecule has 0 bridgehead atoms. The summed E-state index contributed by atoms with van der Waals surface area (Å²) >= 11 is 1.32. The van der Waals surface area contributed by atoms with E-state index >= 15 is 0 Å². The summed E-state index contributed by atoms with van der Waals surface area (Å²) in [6.07, 6.45) is 1.59. The van der Waals surface area contributed by atoms with Gasteiger partial charge in [-0.1, -0.05) is 0 Å². The van der Waals surface area contributed by atoms with E-state index < -0.39 is 5.91 Å². The number of rotatable bonds is 2. The number of hydrogen-bond acceptors (Lipinski definition) is 3. The summed E-state index contributed by atoms with van der Waals surface area (Å²) in [4.78, 5) is 11.3. The van der Waals surface area contributed by atoms with E-state index in [1.165, 1.54) is 11.3 Å². The molecule has 2 N–H and O–H groups in total. The van der Waals surface area contributed by atoms with E-state index in [1.807, 2.05) is 11.4 Å². The van der Waals surface area contributed by atoms with Crippen LogP contribution in [0.15, 0.2) is 34.3 Å². The minimum absolute atomic E-state index is 0.400. The number of carbonyl (C=O) groups excluding carboxylic acids is 1. The molecular formula is C9H7NO2S. The molecule has 2 aromatic rings. The molecule has 0 atom stereocenters. The molecule has 13 heavy (non-hydrogen) atoms. The van der Waals surface area contributed by atoms with Crippen molar-refractivity contribution in [3.8, 4) is 11.3 Å². The second-order valence-corrected chi connectivity index (χ2v) is 3.45. The van der Waals surface area contributed by atoms with Crippen LogP contribution >= 0.6 is 11.3 Å². The van der Waals surface area contributed by atoms with Crippen LogP contribution in [0.3, 0.4) is 0 Å². The molecule has 0 aliphatic carbocycles. The molecule has 0 radical (unpaired) electrons. The van der Waals surface area contributed by atoms with Crippen LogP contribution < -0.4 is 5.73 Å². The first-order valence-corrected chi connectivity index (χ1v) is 4.57. The summed E-state index contributed by atoms with van der Waals surface area (Å²) in [5.74, 6) is 0.353. The van der Waals surface area contributed by atoms with Crippen molar-refractivity contribution in [1.82, 2.24) is 0 Å². The number of carbonyl (C=O) groups is 1. The fourth-order valence-corrected chi connectivity index (χ4v) is 1.79. The maximum absolute atomic E-state index is 10.8. The average molecular weight is 193 g/mol. The van der Waals surface area contributed by atoms with Crippen molar-refractivity contribution in [2.75, 3.05) is 0 Å². The Labute approximate surface area is 78.8 Å². The molecule has 66 valence electrons. The summed E-state index contributed by atoms with van der Waals surface area (Å²) in [7, 11) is 0. The Morgan fingerprint density at radius 1 is 1.54 bits per heavy atom.